The Bertz CT molecular complexity index is 864. The minimum Gasteiger partial charge on any atom is -0.478 e. The number of hydrogen-bond donors (Lipinski definition) is 3. The van der Waals surface area contributed by atoms with E-state index in [0.29, 0.717) is 24.0 Å². The zero-order chi connectivity index (χ0) is 20.8. The van der Waals surface area contributed by atoms with Gasteiger partial charge in [-0.15, -0.1) is 0 Å². The van der Waals surface area contributed by atoms with Crippen LogP contribution in [0.15, 0.2) is 66.7 Å². The number of piperidine rings is 1. The number of nitrogens with zero attached hydrogens (tertiary/aromatic N) is 1. The maximum Gasteiger partial charge on any atom is 0.328 e. The second-order valence-corrected chi connectivity index (χ2v) is 7.36. The van der Waals surface area contributed by atoms with Crippen LogP contribution < -0.4 is 0 Å². The van der Waals surface area contributed by atoms with Gasteiger partial charge in [-0.05, 0) is 35.6 Å². The van der Waals surface area contributed by atoms with Gasteiger partial charge in [0.15, 0.2) is 0 Å². The number of hydrogen-bond acceptors (Lipinski definition) is 4. The third kappa shape index (κ3) is 5.31. The van der Waals surface area contributed by atoms with Gasteiger partial charge in [0, 0.05) is 31.2 Å². The molecule has 6 heteroatoms. The van der Waals surface area contributed by atoms with Gasteiger partial charge in [0.25, 0.3) is 0 Å². The van der Waals surface area contributed by atoms with Crippen LogP contribution in [0.5, 0.6) is 0 Å². The van der Waals surface area contributed by atoms with Crippen molar-refractivity contribution in [2.75, 3.05) is 13.1 Å². The van der Waals surface area contributed by atoms with Gasteiger partial charge >= 0.3 is 11.9 Å². The van der Waals surface area contributed by atoms with E-state index in [-0.39, 0.29) is 6.10 Å². The van der Waals surface area contributed by atoms with E-state index in [4.69, 9.17) is 10.2 Å². The third-order valence-electron chi connectivity index (χ3n) is 5.49. The van der Waals surface area contributed by atoms with Crippen LogP contribution >= 0.6 is 0 Å². The van der Waals surface area contributed by atoms with Gasteiger partial charge in [-0.1, -0.05) is 54.6 Å². The molecule has 0 saturated carbocycles. The number of rotatable bonds is 4. The summed E-state index contributed by atoms with van der Waals surface area (Å²) >= 11 is 0. The Balaban J connectivity index is 0.000000258. The molecular weight excluding hydrogens is 370 g/mol. The van der Waals surface area contributed by atoms with Crippen LogP contribution in [0.25, 0.3) is 0 Å². The van der Waals surface area contributed by atoms with Crippen LogP contribution in [0.1, 0.15) is 35.1 Å². The van der Waals surface area contributed by atoms with Gasteiger partial charge in [0.2, 0.25) is 0 Å². The summed E-state index contributed by atoms with van der Waals surface area (Å²) in [4.78, 5) is 21.6. The zero-order valence-corrected chi connectivity index (χ0v) is 16.0. The lowest BCUT2D eigenvalue weighted by Crippen LogP contribution is -2.38. The lowest BCUT2D eigenvalue weighted by atomic mass is 9.85. The van der Waals surface area contributed by atoms with Crippen molar-refractivity contribution in [2.45, 2.75) is 25.0 Å². The largest absolute Gasteiger partial charge is 0.478 e. The van der Waals surface area contributed by atoms with Crippen molar-refractivity contribution < 1.29 is 24.9 Å². The number of carbonyl (C=O) groups is 2. The summed E-state index contributed by atoms with van der Waals surface area (Å²) in [5, 5.41) is 26.2. The molecule has 6 nitrogen and oxygen atoms in total. The van der Waals surface area contributed by atoms with E-state index in [2.05, 4.69) is 53.4 Å². The molecule has 0 amide bonds. The molecule has 3 N–H and O–H groups in total. The van der Waals surface area contributed by atoms with Gasteiger partial charge in [-0.2, -0.15) is 0 Å². The second-order valence-electron chi connectivity index (χ2n) is 7.36. The standard InChI is InChI=1S/C19H21NO.C4H4O4/c21-19-16-9-5-4-8-15(16)18-13-20(11-10-17(18)19)12-14-6-2-1-3-7-14;5-3(6)1-2-4(7)8/h1-9,17-19,21H,10-13H2;1-2H,(H,5,6)(H,7,8)/b;2-1+. The van der Waals surface area contributed by atoms with Crippen LogP contribution in [0.3, 0.4) is 0 Å². The number of carboxylic acids is 2. The summed E-state index contributed by atoms with van der Waals surface area (Å²) in [6, 6.07) is 19.1. The SMILES string of the molecule is O=C(O)/C=C/C(=O)O.OC1c2ccccc2C2CN(Cc3ccccc3)CCC12. The van der Waals surface area contributed by atoms with Gasteiger partial charge in [0.1, 0.15) is 0 Å². The van der Waals surface area contributed by atoms with Crippen molar-refractivity contribution in [3.8, 4) is 0 Å². The summed E-state index contributed by atoms with van der Waals surface area (Å²) < 4.78 is 0. The molecule has 1 fully saturated rings. The van der Waals surface area contributed by atoms with E-state index >= 15 is 0 Å². The first-order valence-corrected chi connectivity index (χ1v) is 9.63. The molecule has 0 bridgehead atoms. The maximum atomic E-state index is 10.5. The van der Waals surface area contributed by atoms with Crippen molar-refractivity contribution in [3.05, 3.63) is 83.4 Å². The molecule has 1 aliphatic heterocycles. The topological polar surface area (TPSA) is 98.1 Å². The molecular formula is C23H25NO5. The highest BCUT2D eigenvalue weighted by Crippen LogP contribution is 2.49. The first kappa shape index (κ1) is 20.8. The Labute approximate surface area is 169 Å². The van der Waals surface area contributed by atoms with Crippen LogP contribution in [-0.4, -0.2) is 45.2 Å². The fourth-order valence-corrected chi connectivity index (χ4v) is 4.22. The van der Waals surface area contributed by atoms with Crippen LogP contribution in [0, 0.1) is 5.92 Å². The lowest BCUT2D eigenvalue weighted by Gasteiger charge is -2.36. The van der Waals surface area contributed by atoms with Gasteiger partial charge < -0.3 is 15.3 Å². The number of aliphatic hydroxyl groups is 1. The van der Waals surface area contributed by atoms with Crippen molar-refractivity contribution in [1.82, 2.24) is 4.90 Å². The highest BCUT2D eigenvalue weighted by Gasteiger charge is 2.42. The molecule has 3 atom stereocenters. The Morgan fingerprint density at radius 2 is 1.52 bits per heavy atom. The minimum atomic E-state index is -1.26. The third-order valence-corrected chi connectivity index (χ3v) is 5.49. The molecule has 152 valence electrons. The molecule has 0 spiro atoms. The number of aliphatic carboxylic acids is 2. The molecule has 3 unspecified atom stereocenters. The molecule has 0 radical (unpaired) electrons. The molecule has 29 heavy (non-hydrogen) atoms. The van der Waals surface area contributed by atoms with E-state index in [1.54, 1.807) is 0 Å². The molecule has 0 aromatic heterocycles. The summed E-state index contributed by atoms with van der Waals surface area (Å²) in [7, 11) is 0. The van der Waals surface area contributed by atoms with E-state index in [0.717, 1.165) is 31.6 Å². The first-order valence-electron chi connectivity index (χ1n) is 9.63. The molecule has 1 heterocycles. The molecule has 2 aromatic carbocycles. The predicted molar refractivity (Wildman–Crippen MR) is 108 cm³/mol. The normalized spacial score (nSPS) is 23.0. The molecule has 1 saturated heterocycles. The smallest absolute Gasteiger partial charge is 0.328 e. The number of benzene rings is 2. The van der Waals surface area contributed by atoms with Crippen LogP contribution in [0.2, 0.25) is 0 Å². The van der Waals surface area contributed by atoms with Crippen molar-refractivity contribution in [3.63, 3.8) is 0 Å². The Kier molecular flexibility index (Phi) is 6.80. The van der Waals surface area contributed by atoms with Crippen molar-refractivity contribution >= 4 is 11.9 Å². The average Bonchev–Trinajstić information content (AvgIpc) is 3.00. The zero-order valence-electron chi connectivity index (χ0n) is 16.0. The van der Waals surface area contributed by atoms with Crippen molar-refractivity contribution in [1.29, 1.82) is 0 Å². The maximum absolute atomic E-state index is 10.5. The molecule has 4 rings (SSSR count). The second kappa shape index (κ2) is 9.49. The predicted octanol–water partition coefficient (Wildman–Crippen LogP) is 3.05. The molecule has 2 aromatic rings. The van der Waals surface area contributed by atoms with E-state index < -0.39 is 11.9 Å². The number of aliphatic hydroxyl groups excluding tert-OH is 1. The quantitative estimate of drug-likeness (QED) is 0.689. The average molecular weight is 395 g/mol. The van der Waals surface area contributed by atoms with Crippen LogP contribution in [0.4, 0.5) is 0 Å². The fraction of sp³-hybridized carbons (Fsp3) is 0.304. The Morgan fingerprint density at radius 1 is 0.931 bits per heavy atom. The lowest BCUT2D eigenvalue weighted by molar-refractivity contribution is -0.134. The Hall–Kier alpha value is -2.96. The first-order chi connectivity index (χ1) is 14.0. The fourth-order valence-electron chi connectivity index (χ4n) is 4.22. The van der Waals surface area contributed by atoms with Crippen molar-refractivity contribution in [2.24, 2.45) is 5.92 Å². The van der Waals surface area contributed by atoms with E-state index in [9.17, 15) is 14.7 Å². The highest BCUT2D eigenvalue weighted by molar-refractivity contribution is 5.89. The summed E-state index contributed by atoms with van der Waals surface area (Å²) in [6.45, 7) is 3.16. The van der Waals surface area contributed by atoms with E-state index in [1.165, 1.54) is 11.1 Å². The highest BCUT2D eigenvalue weighted by atomic mass is 16.4. The van der Waals surface area contributed by atoms with Gasteiger partial charge in [-0.25, -0.2) is 9.59 Å². The molecule has 1 aliphatic carbocycles. The number of carboxylic acid groups (broad SMARTS) is 2. The summed E-state index contributed by atoms with van der Waals surface area (Å²) in [5.41, 5.74) is 3.91. The number of fused-ring (bicyclic) bond motifs is 3. The summed E-state index contributed by atoms with van der Waals surface area (Å²) in [5.74, 6) is -1.61. The Morgan fingerprint density at radius 3 is 2.14 bits per heavy atom. The van der Waals surface area contributed by atoms with E-state index in [1.807, 2.05) is 6.07 Å². The monoisotopic (exact) mass is 395 g/mol. The van der Waals surface area contributed by atoms with Gasteiger partial charge in [0.05, 0.1) is 6.10 Å². The van der Waals surface area contributed by atoms with Gasteiger partial charge in [-0.3, -0.25) is 4.90 Å². The molecule has 2 aliphatic rings. The summed E-state index contributed by atoms with van der Waals surface area (Å²) in [6.07, 6.45) is 1.95. The van der Waals surface area contributed by atoms with Crippen LogP contribution in [-0.2, 0) is 16.1 Å². The minimum absolute atomic E-state index is 0.259. The number of likely N-dealkylation sites (tertiary alicyclic amines) is 1.